The predicted octanol–water partition coefficient (Wildman–Crippen LogP) is 1.73. The Morgan fingerprint density at radius 1 is 1.22 bits per heavy atom. The number of rotatable bonds is 10. The van der Waals surface area contributed by atoms with Crippen molar-refractivity contribution in [3.8, 4) is 0 Å². The molecule has 1 atom stereocenters. The van der Waals surface area contributed by atoms with Crippen LogP contribution in [0.1, 0.15) is 36.0 Å². The highest BCUT2D eigenvalue weighted by atomic mass is 16.4. The van der Waals surface area contributed by atoms with Gasteiger partial charge in [-0.25, -0.2) is 4.79 Å². The highest BCUT2D eigenvalue weighted by Gasteiger charge is 2.18. The third-order valence-electron chi connectivity index (χ3n) is 3.19. The normalized spacial score (nSPS) is 11.3. The molecule has 0 saturated heterocycles. The maximum absolute atomic E-state index is 11.8. The molecule has 3 N–H and O–H groups in total. The van der Waals surface area contributed by atoms with Gasteiger partial charge in [0, 0.05) is 18.5 Å². The molecule has 1 aromatic carbocycles. The number of carbonyl (C=O) groups is 3. The molecule has 23 heavy (non-hydrogen) atoms. The molecule has 0 aromatic heterocycles. The smallest absolute Gasteiger partial charge is 0.326 e. The van der Waals surface area contributed by atoms with Crippen molar-refractivity contribution >= 4 is 17.8 Å². The summed E-state index contributed by atoms with van der Waals surface area (Å²) in [5.41, 5.74) is 0.562. The summed E-state index contributed by atoms with van der Waals surface area (Å²) in [6.07, 6.45) is 3.05. The minimum atomic E-state index is -1.06. The van der Waals surface area contributed by atoms with Crippen molar-refractivity contribution in [1.29, 1.82) is 0 Å². The zero-order valence-electron chi connectivity index (χ0n) is 13.0. The van der Waals surface area contributed by atoms with E-state index in [0.717, 1.165) is 0 Å². The number of carboxylic acids is 1. The average Bonchev–Trinajstić information content (AvgIpc) is 2.55. The van der Waals surface area contributed by atoms with Crippen LogP contribution >= 0.6 is 0 Å². The van der Waals surface area contributed by atoms with Gasteiger partial charge in [0.1, 0.15) is 6.04 Å². The Kier molecular flexibility index (Phi) is 8.13. The third kappa shape index (κ3) is 7.26. The van der Waals surface area contributed by atoms with Crippen molar-refractivity contribution in [2.75, 3.05) is 6.54 Å². The van der Waals surface area contributed by atoms with Crippen LogP contribution in [0, 0.1) is 0 Å². The first-order valence-electron chi connectivity index (χ1n) is 7.51. The lowest BCUT2D eigenvalue weighted by Gasteiger charge is -2.13. The van der Waals surface area contributed by atoms with Gasteiger partial charge < -0.3 is 15.7 Å². The summed E-state index contributed by atoms with van der Waals surface area (Å²) in [5.74, 6) is -1.59. The van der Waals surface area contributed by atoms with E-state index < -0.39 is 12.0 Å². The van der Waals surface area contributed by atoms with Crippen molar-refractivity contribution < 1.29 is 19.5 Å². The summed E-state index contributed by atoms with van der Waals surface area (Å²) in [6, 6.07) is 7.89. The van der Waals surface area contributed by atoms with Crippen LogP contribution < -0.4 is 10.6 Å². The van der Waals surface area contributed by atoms with Crippen molar-refractivity contribution in [1.82, 2.24) is 10.6 Å². The summed E-state index contributed by atoms with van der Waals surface area (Å²) >= 11 is 0. The van der Waals surface area contributed by atoms with Crippen LogP contribution in [0.15, 0.2) is 43.0 Å². The molecule has 0 spiro atoms. The molecule has 6 heteroatoms. The lowest BCUT2D eigenvalue weighted by Crippen LogP contribution is -2.40. The van der Waals surface area contributed by atoms with E-state index in [9.17, 15) is 14.4 Å². The van der Waals surface area contributed by atoms with Gasteiger partial charge in [-0.3, -0.25) is 9.59 Å². The molecule has 6 nitrogen and oxygen atoms in total. The zero-order chi connectivity index (χ0) is 17.1. The summed E-state index contributed by atoms with van der Waals surface area (Å²) in [7, 11) is 0. The van der Waals surface area contributed by atoms with Crippen LogP contribution in [0.3, 0.4) is 0 Å². The first kappa shape index (κ1) is 18.4. The number of amides is 2. The van der Waals surface area contributed by atoms with Gasteiger partial charge >= 0.3 is 5.97 Å². The number of aliphatic carboxylic acids is 1. The largest absolute Gasteiger partial charge is 0.480 e. The lowest BCUT2D eigenvalue weighted by atomic mass is 10.1. The number of benzene rings is 1. The molecule has 1 rings (SSSR count). The quantitative estimate of drug-likeness (QED) is 0.452. The lowest BCUT2D eigenvalue weighted by molar-refractivity contribution is -0.142. The topological polar surface area (TPSA) is 95.5 Å². The Morgan fingerprint density at radius 3 is 2.52 bits per heavy atom. The van der Waals surface area contributed by atoms with Crippen molar-refractivity contribution in [2.45, 2.75) is 31.7 Å². The first-order chi connectivity index (χ1) is 11.0. The van der Waals surface area contributed by atoms with Gasteiger partial charge in [-0.2, -0.15) is 0 Å². The van der Waals surface area contributed by atoms with Crippen molar-refractivity contribution in [3.63, 3.8) is 0 Å². The number of hydrogen-bond donors (Lipinski definition) is 3. The van der Waals surface area contributed by atoms with Crippen LogP contribution in [0.5, 0.6) is 0 Å². The molecule has 0 aliphatic heterocycles. The van der Waals surface area contributed by atoms with Crippen LogP contribution in [0.4, 0.5) is 0 Å². The minimum absolute atomic E-state index is 0.160. The van der Waals surface area contributed by atoms with Gasteiger partial charge in [0.2, 0.25) is 5.91 Å². The second-order valence-electron chi connectivity index (χ2n) is 5.05. The highest BCUT2D eigenvalue weighted by molar-refractivity contribution is 5.94. The van der Waals surface area contributed by atoms with Gasteiger partial charge in [-0.05, 0) is 31.4 Å². The van der Waals surface area contributed by atoms with Gasteiger partial charge in [0.15, 0.2) is 0 Å². The standard InChI is InChI=1S/C17H22N2O4/c1-2-3-10-14(17(22)23)19-15(20)11-7-12-18-16(21)13-8-5-4-6-9-13/h2,4-6,8-9,14H,1,3,7,10-12H2,(H,18,21)(H,19,20)(H,22,23). The molecular formula is C17H22N2O4. The molecule has 1 unspecified atom stereocenters. The summed E-state index contributed by atoms with van der Waals surface area (Å²) in [6.45, 7) is 3.88. The van der Waals surface area contributed by atoms with Gasteiger partial charge in [-0.1, -0.05) is 24.3 Å². The van der Waals surface area contributed by atoms with Crippen molar-refractivity contribution in [2.24, 2.45) is 0 Å². The number of hydrogen-bond acceptors (Lipinski definition) is 3. The molecule has 0 heterocycles. The van der Waals surface area contributed by atoms with Crippen LogP contribution in [0.2, 0.25) is 0 Å². The molecule has 0 radical (unpaired) electrons. The maximum atomic E-state index is 11.8. The average molecular weight is 318 g/mol. The maximum Gasteiger partial charge on any atom is 0.326 e. The Bertz CT molecular complexity index is 543. The number of carbonyl (C=O) groups excluding carboxylic acids is 2. The Labute approximate surface area is 135 Å². The second kappa shape index (κ2) is 10.2. The van der Waals surface area contributed by atoms with Crippen LogP contribution in [-0.2, 0) is 9.59 Å². The van der Waals surface area contributed by atoms with Crippen molar-refractivity contribution in [3.05, 3.63) is 48.6 Å². The van der Waals surface area contributed by atoms with E-state index in [4.69, 9.17) is 5.11 Å². The Hall–Kier alpha value is -2.63. The van der Waals surface area contributed by atoms with E-state index in [0.29, 0.717) is 31.4 Å². The molecule has 2 amide bonds. The number of carboxylic acid groups (broad SMARTS) is 1. The summed E-state index contributed by atoms with van der Waals surface area (Å²) < 4.78 is 0. The van der Waals surface area contributed by atoms with E-state index >= 15 is 0 Å². The van der Waals surface area contributed by atoms with E-state index in [1.807, 2.05) is 6.07 Å². The number of allylic oxidation sites excluding steroid dienone is 1. The third-order valence-corrected chi connectivity index (χ3v) is 3.19. The molecule has 0 bridgehead atoms. The Morgan fingerprint density at radius 2 is 1.91 bits per heavy atom. The van der Waals surface area contributed by atoms with E-state index in [1.54, 1.807) is 30.3 Å². The highest BCUT2D eigenvalue weighted by Crippen LogP contribution is 2.01. The van der Waals surface area contributed by atoms with Gasteiger partial charge in [0.05, 0.1) is 0 Å². The van der Waals surface area contributed by atoms with Crippen LogP contribution in [-0.4, -0.2) is 35.5 Å². The van der Waals surface area contributed by atoms with Crippen LogP contribution in [0.25, 0.3) is 0 Å². The minimum Gasteiger partial charge on any atom is -0.480 e. The van der Waals surface area contributed by atoms with Gasteiger partial charge in [-0.15, -0.1) is 6.58 Å². The van der Waals surface area contributed by atoms with E-state index in [-0.39, 0.29) is 18.2 Å². The first-order valence-corrected chi connectivity index (χ1v) is 7.51. The predicted molar refractivity (Wildman–Crippen MR) is 87.0 cm³/mol. The fourth-order valence-electron chi connectivity index (χ4n) is 1.95. The van der Waals surface area contributed by atoms with E-state index in [1.165, 1.54) is 0 Å². The fourth-order valence-corrected chi connectivity index (χ4v) is 1.95. The molecule has 0 aliphatic carbocycles. The SMILES string of the molecule is C=CCCC(NC(=O)CCCNC(=O)c1ccccc1)C(=O)O. The summed E-state index contributed by atoms with van der Waals surface area (Å²) in [5, 5.41) is 14.2. The number of nitrogens with one attached hydrogen (secondary N) is 2. The Balaban J connectivity index is 2.26. The monoisotopic (exact) mass is 318 g/mol. The fraction of sp³-hybridized carbons (Fsp3) is 0.353. The molecule has 0 aliphatic rings. The second-order valence-corrected chi connectivity index (χ2v) is 5.05. The summed E-state index contributed by atoms with van der Waals surface area (Å²) in [4.78, 5) is 34.5. The molecule has 124 valence electrons. The zero-order valence-corrected chi connectivity index (χ0v) is 13.0. The van der Waals surface area contributed by atoms with Gasteiger partial charge in [0.25, 0.3) is 5.91 Å². The molecule has 0 saturated carbocycles. The molecular weight excluding hydrogens is 296 g/mol. The molecule has 0 fully saturated rings. The molecule has 1 aromatic rings. The van der Waals surface area contributed by atoms with E-state index in [2.05, 4.69) is 17.2 Å².